The molecule has 0 spiro atoms. The highest BCUT2D eigenvalue weighted by molar-refractivity contribution is 5.70. The zero-order valence-corrected chi connectivity index (χ0v) is 11.5. The van der Waals surface area contributed by atoms with Crippen molar-refractivity contribution in [1.82, 2.24) is 5.16 Å². The number of hydrogen-bond donors (Lipinski definition) is 1. The summed E-state index contributed by atoms with van der Waals surface area (Å²) in [5.41, 5.74) is 0. The van der Waals surface area contributed by atoms with Crippen LogP contribution in [0.5, 0.6) is 0 Å². The van der Waals surface area contributed by atoms with Gasteiger partial charge in [-0.3, -0.25) is 4.79 Å². The highest BCUT2D eigenvalue weighted by atomic mass is 16.5. The standard InChI is InChI=1S/C13H22N2O3/c1-9(2)5-6-15(8-10(3)13(16)17)12-7-11(4)18-14-12/h7,9-10H,5-6,8H2,1-4H3,(H,16,17). The van der Waals surface area contributed by atoms with Crippen LogP contribution in [0, 0.1) is 18.8 Å². The Morgan fingerprint density at radius 1 is 1.50 bits per heavy atom. The highest BCUT2D eigenvalue weighted by Crippen LogP contribution is 2.17. The molecule has 5 nitrogen and oxygen atoms in total. The van der Waals surface area contributed by atoms with Crippen molar-refractivity contribution >= 4 is 11.8 Å². The second kappa shape index (κ2) is 6.42. The van der Waals surface area contributed by atoms with E-state index in [1.54, 1.807) is 6.92 Å². The molecule has 0 aromatic carbocycles. The fourth-order valence-electron chi connectivity index (χ4n) is 1.62. The van der Waals surface area contributed by atoms with E-state index in [0.29, 0.717) is 12.5 Å². The lowest BCUT2D eigenvalue weighted by Gasteiger charge is -2.24. The maximum Gasteiger partial charge on any atom is 0.308 e. The van der Waals surface area contributed by atoms with Gasteiger partial charge in [0.1, 0.15) is 5.76 Å². The van der Waals surface area contributed by atoms with E-state index in [9.17, 15) is 4.79 Å². The smallest absolute Gasteiger partial charge is 0.308 e. The zero-order chi connectivity index (χ0) is 13.7. The maximum atomic E-state index is 10.9. The summed E-state index contributed by atoms with van der Waals surface area (Å²) in [5.74, 6) is 0.823. The Morgan fingerprint density at radius 3 is 2.61 bits per heavy atom. The van der Waals surface area contributed by atoms with Crippen LogP contribution >= 0.6 is 0 Å². The SMILES string of the molecule is Cc1cc(N(CCC(C)C)CC(C)C(=O)O)no1. The Bertz CT molecular complexity index is 387. The van der Waals surface area contributed by atoms with Crippen LogP contribution in [0.2, 0.25) is 0 Å². The fraction of sp³-hybridized carbons (Fsp3) is 0.692. The van der Waals surface area contributed by atoms with Crippen molar-refractivity contribution in [2.45, 2.75) is 34.1 Å². The summed E-state index contributed by atoms with van der Waals surface area (Å²) in [6, 6.07) is 1.84. The molecular formula is C13H22N2O3. The third kappa shape index (κ3) is 4.39. The molecule has 1 aromatic heterocycles. The van der Waals surface area contributed by atoms with E-state index in [4.69, 9.17) is 9.63 Å². The quantitative estimate of drug-likeness (QED) is 0.810. The number of aliphatic carboxylic acids is 1. The van der Waals surface area contributed by atoms with Crippen molar-refractivity contribution in [3.63, 3.8) is 0 Å². The molecule has 5 heteroatoms. The Kier molecular flexibility index (Phi) is 5.19. The molecule has 1 N–H and O–H groups in total. The second-order valence-corrected chi connectivity index (χ2v) is 5.16. The molecular weight excluding hydrogens is 232 g/mol. The molecule has 1 heterocycles. The third-order valence-electron chi connectivity index (χ3n) is 2.83. The summed E-state index contributed by atoms with van der Waals surface area (Å²) in [5, 5.41) is 13.0. The molecule has 102 valence electrons. The second-order valence-electron chi connectivity index (χ2n) is 5.16. The minimum Gasteiger partial charge on any atom is -0.481 e. The van der Waals surface area contributed by atoms with E-state index in [2.05, 4.69) is 19.0 Å². The number of nitrogens with zero attached hydrogens (tertiary/aromatic N) is 2. The average Bonchev–Trinajstić information content (AvgIpc) is 2.70. The van der Waals surface area contributed by atoms with Crippen LogP contribution in [0.15, 0.2) is 10.6 Å². The highest BCUT2D eigenvalue weighted by Gasteiger charge is 2.19. The van der Waals surface area contributed by atoms with Gasteiger partial charge in [0.05, 0.1) is 5.92 Å². The van der Waals surface area contributed by atoms with Crippen molar-refractivity contribution in [3.8, 4) is 0 Å². The van der Waals surface area contributed by atoms with E-state index in [1.165, 1.54) is 0 Å². The lowest BCUT2D eigenvalue weighted by molar-refractivity contribution is -0.140. The van der Waals surface area contributed by atoms with Crippen LogP contribution in [0.3, 0.4) is 0 Å². The van der Waals surface area contributed by atoms with Crippen molar-refractivity contribution in [2.75, 3.05) is 18.0 Å². The molecule has 0 saturated carbocycles. The van der Waals surface area contributed by atoms with Crippen LogP contribution in [-0.4, -0.2) is 29.3 Å². The van der Waals surface area contributed by atoms with Gasteiger partial charge >= 0.3 is 5.97 Å². The summed E-state index contributed by atoms with van der Waals surface area (Å²) in [6.07, 6.45) is 0.998. The Morgan fingerprint density at radius 2 is 2.17 bits per heavy atom. The predicted molar refractivity (Wildman–Crippen MR) is 69.7 cm³/mol. The van der Waals surface area contributed by atoms with Gasteiger partial charge in [-0.15, -0.1) is 0 Å². The Labute approximate surface area is 108 Å². The summed E-state index contributed by atoms with van der Waals surface area (Å²) < 4.78 is 5.06. The monoisotopic (exact) mass is 254 g/mol. The predicted octanol–water partition coefficient (Wildman–Crippen LogP) is 2.56. The van der Waals surface area contributed by atoms with Gasteiger partial charge in [-0.1, -0.05) is 25.9 Å². The van der Waals surface area contributed by atoms with Gasteiger partial charge in [-0.2, -0.15) is 0 Å². The molecule has 0 aliphatic heterocycles. The van der Waals surface area contributed by atoms with Gasteiger partial charge in [0.2, 0.25) is 0 Å². The Hall–Kier alpha value is -1.52. The van der Waals surface area contributed by atoms with Crippen molar-refractivity contribution in [3.05, 3.63) is 11.8 Å². The number of anilines is 1. The van der Waals surface area contributed by atoms with Gasteiger partial charge in [-0.05, 0) is 19.3 Å². The largest absolute Gasteiger partial charge is 0.481 e. The summed E-state index contributed by atoms with van der Waals surface area (Å²) >= 11 is 0. The molecule has 0 bridgehead atoms. The molecule has 0 fully saturated rings. The number of aryl methyl sites for hydroxylation is 1. The molecule has 1 rings (SSSR count). The number of rotatable bonds is 7. The summed E-state index contributed by atoms with van der Waals surface area (Å²) in [6.45, 7) is 9.07. The average molecular weight is 254 g/mol. The minimum absolute atomic E-state index is 0.422. The molecule has 1 aromatic rings. The van der Waals surface area contributed by atoms with E-state index in [0.717, 1.165) is 24.5 Å². The fourth-order valence-corrected chi connectivity index (χ4v) is 1.62. The molecule has 1 atom stereocenters. The van der Waals surface area contributed by atoms with Crippen LogP contribution in [0.1, 0.15) is 33.0 Å². The molecule has 18 heavy (non-hydrogen) atoms. The van der Waals surface area contributed by atoms with Crippen molar-refractivity contribution < 1.29 is 14.4 Å². The first-order valence-electron chi connectivity index (χ1n) is 6.31. The molecule has 0 radical (unpaired) electrons. The van der Waals surface area contributed by atoms with Crippen LogP contribution < -0.4 is 4.90 Å². The lowest BCUT2D eigenvalue weighted by atomic mass is 10.1. The van der Waals surface area contributed by atoms with Crippen LogP contribution in [0.4, 0.5) is 5.82 Å². The number of aromatic nitrogens is 1. The first-order valence-corrected chi connectivity index (χ1v) is 6.31. The van der Waals surface area contributed by atoms with Gasteiger partial charge in [-0.25, -0.2) is 0 Å². The normalized spacial score (nSPS) is 12.7. The van der Waals surface area contributed by atoms with E-state index < -0.39 is 11.9 Å². The number of carboxylic acid groups (broad SMARTS) is 1. The molecule has 0 saturated heterocycles. The maximum absolute atomic E-state index is 10.9. The van der Waals surface area contributed by atoms with Crippen molar-refractivity contribution in [2.24, 2.45) is 11.8 Å². The number of hydrogen-bond acceptors (Lipinski definition) is 4. The van der Waals surface area contributed by atoms with E-state index in [-0.39, 0.29) is 0 Å². The van der Waals surface area contributed by atoms with Crippen molar-refractivity contribution in [1.29, 1.82) is 0 Å². The first kappa shape index (κ1) is 14.5. The third-order valence-corrected chi connectivity index (χ3v) is 2.83. The first-order chi connectivity index (χ1) is 8.40. The lowest BCUT2D eigenvalue weighted by Crippen LogP contribution is -2.33. The summed E-state index contributed by atoms with van der Waals surface area (Å²) in [4.78, 5) is 12.9. The topological polar surface area (TPSA) is 66.6 Å². The van der Waals surface area contributed by atoms with Crippen LogP contribution in [0.25, 0.3) is 0 Å². The van der Waals surface area contributed by atoms with E-state index >= 15 is 0 Å². The molecule has 0 aliphatic rings. The van der Waals surface area contributed by atoms with Gasteiger partial charge in [0.25, 0.3) is 0 Å². The van der Waals surface area contributed by atoms with Gasteiger partial charge < -0.3 is 14.5 Å². The van der Waals surface area contributed by atoms with Gasteiger partial charge in [0, 0.05) is 19.2 Å². The van der Waals surface area contributed by atoms with Crippen LogP contribution in [-0.2, 0) is 4.79 Å². The zero-order valence-electron chi connectivity index (χ0n) is 11.5. The Balaban J connectivity index is 2.71. The minimum atomic E-state index is -0.787. The van der Waals surface area contributed by atoms with Gasteiger partial charge in [0.15, 0.2) is 5.82 Å². The molecule has 1 unspecified atom stereocenters. The number of carbonyl (C=O) groups is 1. The molecule has 0 amide bonds. The molecule has 0 aliphatic carbocycles. The number of carboxylic acids is 1. The van der Waals surface area contributed by atoms with E-state index in [1.807, 2.05) is 17.9 Å². The summed E-state index contributed by atoms with van der Waals surface area (Å²) in [7, 11) is 0.